The summed E-state index contributed by atoms with van der Waals surface area (Å²) in [6, 6.07) is 6.50. The summed E-state index contributed by atoms with van der Waals surface area (Å²) in [5, 5.41) is 0. The molecule has 112 valence electrons. The van der Waals surface area contributed by atoms with Crippen LogP contribution in [0, 0.1) is 11.7 Å². The van der Waals surface area contributed by atoms with E-state index in [1.165, 1.54) is 12.1 Å². The lowest BCUT2D eigenvalue weighted by atomic mass is 10.2. The predicted octanol–water partition coefficient (Wildman–Crippen LogP) is 2.39. The molecule has 2 fully saturated rings. The highest BCUT2D eigenvalue weighted by Gasteiger charge is 2.34. The Bertz CT molecular complexity index is 514. The van der Waals surface area contributed by atoms with Gasteiger partial charge in [-0.25, -0.2) is 4.39 Å². The van der Waals surface area contributed by atoms with E-state index < -0.39 is 0 Å². The van der Waals surface area contributed by atoms with Crippen LogP contribution in [0.15, 0.2) is 30.3 Å². The molecule has 1 saturated heterocycles. The SMILES string of the molecule is O=C(C1CC1)N1CCN(C/C=C/c2ccc(F)cc2)CC1. The first-order valence-electron chi connectivity index (χ1n) is 7.65. The van der Waals surface area contributed by atoms with Crippen LogP contribution in [-0.4, -0.2) is 48.4 Å². The van der Waals surface area contributed by atoms with Gasteiger partial charge in [0, 0.05) is 38.6 Å². The minimum Gasteiger partial charge on any atom is -0.340 e. The summed E-state index contributed by atoms with van der Waals surface area (Å²) in [7, 11) is 0. The van der Waals surface area contributed by atoms with E-state index in [4.69, 9.17) is 0 Å². The second kappa shape index (κ2) is 6.39. The Kier molecular flexibility index (Phi) is 4.34. The quantitative estimate of drug-likeness (QED) is 0.849. The van der Waals surface area contributed by atoms with E-state index in [0.717, 1.165) is 51.1 Å². The zero-order valence-electron chi connectivity index (χ0n) is 12.2. The number of carbonyl (C=O) groups is 1. The third-order valence-corrected chi connectivity index (χ3v) is 4.15. The van der Waals surface area contributed by atoms with E-state index >= 15 is 0 Å². The lowest BCUT2D eigenvalue weighted by Crippen LogP contribution is -2.49. The highest BCUT2D eigenvalue weighted by molar-refractivity contribution is 5.81. The Morgan fingerprint density at radius 2 is 1.81 bits per heavy atom. The third-order valence-electron chi connectivity index (χ3n) is 4.15. The lowest BCUT2D eigenvalue weighted by molar-refractivity contribution is -0.134. The zero-order chi connectivity index (χ0) is 14.7. The molecule has 0 bridgehead atoms. The number of rotatable bonds is 4. The molecular formula is C17H21FN2O. The molecule has 3 nitrogen and oxygen atoms in total. The normalized spacial score (nSPS) is 20.1. The summed E-state index contributed by atoms with van der Waals surface area (Å²) < 4.78 is 12.8. The number of hydrogen-bond acceptors (Lipinski definition) is 2. The maximum Gasteiger partial charge on any atom is 0.225 e. The molecule has 1 aliphatic heterocycles. The number of carbonyl (C=O) groups excluding carboxylic acids is 1. The van der Waals surface area contributed by atoms with Crippen LogP contribution in [0.2, 0.25) is 0 Å². The first kappa shape index (κ1) is 14.3. The fraction of sp³-hybridized carbons (Fsp3) is 0.471. The standard InChI is InChI=1S/C17H21FN2O/c18-16-7-3-14(4-8-16)2-1-9-19-10-12-20(13-11-19)17(21)15-5-6-15/h1-4,7-8,15H,5-6,9-13H2/b2-1+. The van der Waals surface area contributed by atoms with Gasteiger partial charge in [-0.2, -0.15) is 0 Å². The molecule has 1 amide bonds. The molecule has 2 aliphatic rings. The largest absolute Gasteiger partial charge is 0.340 e. The van der Waals surface area contributed by atoms with Gasteiger partial charge >= 0.3 is 0 Å². The molecule has 1 aromatic carbocycles. The van der Waals surface area contributed by atoms with Crippen molar-refractivity contribution < 1.29 is 9.18 Å². The maximum atomic E-state index is 12.8. The summed E-state index contributed by atoms with van der Waals surface area (Å²) in [5.41, 5.74) is 1.01. The van der Waals surface area contributed by atoms with Gasteiger partial charge in [-0.1, -0.05) is 24.3 Å². The van der Waals surface area contributed by atoms with Crippen LogP contribution in [0.3, 0.4) is 0 Å². The van der Waals surface area contributed by atoms with Crippen LogP contribution in [0.1, 0.15) is 18.4 Å². The smallest absolute Gasteiger partial charge is 0.225 e. The average Bonchev–Trinajstić information content (AvgIpc) is 3.34. The van der Waals surface area contributed by atoms with Gasteiger partial charge in [-0.05, 0) is 30.5 Å². The Balaban J connectivity index is 1.42. The van der Waals surface area contributed by atoms with Crippen molar-refractivity contribution in [1.29, 1.82) is 0 Å². The van der Waals surface area contributed by atoms with E-state index in [1.807, 2.05) is 11.0 Å². The van der Waals surface area contributed by atoms with Crippen molar-refractivity contribution in [3.8, 4) is 0 Å². The Morgan fingerprint density at radius 3 is 2.43 bits per heavy atom. The molecule has 1 aliphatic carbocycles. The Labute approximate surface area is 125 Å². The Morgan fingerprint density at radius 1 is 1.14 bits per heavy atom. The monoisotopic (exact) mass is 288 g/mol. The van der Waals surface area contributed by atoms with Crippen LogP contribution in [0.25, 0.3) is 6.08 Å². The van der Waals surface area contributed by atoms with Crippen molar-refractivity contribution in [3.63, 3.8) is 0 Å². The second-order valence-corrected chi connectivity index (χ2v) is 5.85. The molecule has 3 rings (SSSR count). The number of hydrogen-bond donors (Lipinski definition) is 0. The number of benzene rings is 1. The highest BCUT2D eigenvalue weighted by Crippen LogP contribution is 2.31. The van der Waals surface area contributed by atoms with Gasteiger partial charge in [-0.3, -0.25) is 9.69 Å². The van der Waals surface area contributed by atoms with Crippen molar-refractivity contribution in [2.45, 2.75) is 12.8 Å². The van der Waals surface area contributed by atoms with Gasteiger partial charge in [0.05, 0.1) is 0 Å². The van der Waals surface area contributed by atoms with E-state index in [9.17, 15) is 9.18 Å². The summed E-state index contributed by atoms with van der Waals surface area (Å²) in [6.07, 6.45) is 6.28. The molecule has 0 atom stereocenters. The van der Waals surface area contributed by atoms with Gasteiger partial charge in [0.25, 0.3) is 0 Å². The molecule has 0 radical (unpaired) electrons. The molecule has 1 heterocycles. The molecule has 0 aromatic heterocycles. The van der Waals surface area contributed by atoms with Gasteiger partial charge in [0.2, 0.25) is 5.91 Å². The van der Waals surface area contributed by atoms with Crippen LogP contribution in [-0.2, 0) is 4.79 Å². The number of amides is 1. The molecule has 0 unspecified atom stereocenters. The maximum absolute atomic E-state index is 12.8. The number of piperazine rings is 1. The van der Waals surface area contributed by atoms with E-state index in [1.54, 1.807) is 12.1 Å². The fourth-order valence-electron chi connectivity index (χ4n) is 2.65. The zero-order valence-corrected chi connectivity index (χ0v) is 12.2. The topological polar surface area (TPSA) is 23.6 Å². The molecular weight excluding hydrogens is 267 g/mol. The Hall–Kier alpha value is -1.68. The van der Waals surface area contributed by atoms with Crippen molar-refractivity contribution in [1.82, 2.24) is 9.80 Å². The minimum atomic E-state index is -0.205. The van der Waals surface area contributed by atoms with Crippen LogP contribution < -0.4 is 0 Å². The fourth-order valence-corrected chi connectivity index (χ4v) is 2.65. The predicted molar refractivity (Wildman–Crippen MR) is 81.2 cm³/mol. The third kappa shape index (κ3) is 3.91. The van der Waals surface area contributed by atoms with Crippen LogP contribution in [0.5, 0.6) is 0 Å². The van der Waals surface area contributed by atoms with Crippen molar-refractivity contribution in [2.75, 3.05) is 32.7 Å². The van der Waals surface area contributed by atoms with Crippen molar-refractivity contribution >= 4 is 12.0 Å². The van der Waals surface area contributed by atoms with E-state index in [-0.39, 0.29) is 5.82 Å². The van der Waals surface area contributed by atoms with E-state index in [2.05, 4.69) is 11.0 Å². The lowest BCUT2D eigenvalue weighted by Gasteiger charge is -2.34. The summed E-state index contributed by atoms with van der Waals surface area (Å²) >= 11 is 0. The van der Waals surface area contributed by atoms with E-state index in [0.29, 0.717) is 11.8 Å². The molecule has 1 saturated carbocycles. The summed E-state index contributed by atoms with van der Waals surface area (Å²) in [4.78, 5) is 16.3. The molecule has 1 aromatic rings. The van der Waals surface area contributed by atoms with Crippen LogP contribution in [0.4, 0.5) is 4.39 Å². The summed E-state index contributed by atoms with van der Waals surface area (Å²) in [5.74, 6) is 0.482. The van der Waals surface area contributed by atoms with Gasteiger partial charge < -0.3 is 4.90 Å². The first-order chi connectivity index (χ1) is 10.2. The summed E-state index contributed by atoms with van der Waals surface area (Å²) in [6.45, 7) is 4.45. The van der Waals surface area contributed by atoms with Gasteiger partial charge in [0.1, 0.15) is 5.82 Å². The van der Waals surface area contributed by atoms with Gasteiger partial charge in [0.15, 0.2) is 0 Å². The molecule has 0 spiro atoms. The van der Waals surface area contributed by atoms with Gasteiger partial charge in [-0.15, -0.1) is 0 Å². The number of nitrogens with zero attached hydrogens (tertiary/aromatic N) is 2. The second-order valence-electron chi connectivity index (χ2n) is 5.85. The number of halogens is 1. The average molecular weight is 288 g/mol. The van der Waals surface area contributed by atoms with Crippen LogP contribution >= 0.6 is 0 Å². The van der Waals surface area contributed by atoms with Crippen molar-refractivity contribution in [2.24, 2.45) is 5.92 Å². The molecule has 21 heavy (non-hydrogen) atoms. The minimum absolute atomic E-state index is 0.205. The molecule has 4 heteroatoms. The van der Waals surface area contributed by atoms with Crippen molar-refractivity contribution in [3.05, 3.63) is 41.7 Å². The molecule has 0 N–H and O–H groups in total. The first-order valence-corrected chi connectivity index (χ1v) is 7.65. The highest BCUT2D eigenvalue weighted by atomic mass is 19.1.